The van der Waals surface area contributed by atoms with Crippen LogP contribution in [0.1, 0.15) is 35.2 Å². The summed E-state index contributed by atoms with van der Waals surface area (Å²) >= 11 is 0. The van der Waals surface area contributed by atoms with Crippen molar-refractivity contribution in [1.82, 2.24) is 0 Å². The smallest absolute Gasteiger partial charge is 0.264 e. The Morgan fingerprint density at radius 1 is 0.971 bits per heavy atom. The number of ether oxygens (including phenoxy) is 1. The quantitative estimate of drug-likeness (QED) is 0.500. The summed E-state index contributed by atoms with van der Waals surface area (Å²) in [4.78, 5) is 14.9. The van der Waals surface area contributed by atoms with Crippen molar-refractivity contribution in [3.63, 3.8) is 0 Å². The highest BCUT2D eigenvalue weighted by Crippen LogP contribution is 2.32. The lowest BCUT2D eigenvalue weighted by Gasteiger charge is -2.30. The number of hydrogen-bond acceptors (Lipinski definition) is 6. The van der Waals surface area contributed by atoms with Crippen LogP contribution in [0.4, 0.5) is 17.1 Å². The van der Waals surface area contributed by atoms with E-state index in [1.807, 2.05) is 6.07 Å². The van der Waals surface area contributed by atoms with Gasteiger partial charge in [0.05, 0.1) is 24.4 Å². The lowest BCUT2D eigenvalue weighted by molar-refractivity contribution is 0.102. The Kier molecular flexibility index (Phi) is 7.22. The predicted molar refractivity (Wildman–Crippen MR) is 135 cm³/mol. The number of rotatable bonds is 7. The monoisotopic (exact) mass is 490 g/mol. The molecule has 3 aromatic carbocycles. The summed E-state index contributed by atoms with van der Waals surface area (Å²) in [6, 6.07) is 19.8. The van der Waals surface area contributed by atoms with Gasteiger partial charge in [0.15, 0.2) is 0 Å². The van der Waals surface area contributed by atoms with Gasteiger partial charge in [-0.2, -0.15) is 5.26 Å². The molecule has 4 rings (SSSR count). The van der Waals surface area contributed by atoms with E-state index < -0.39 is 15.9 Å². The number of anilines is 3. The third-order valence-electron chi connectivity index (χ3n) is 5.80. The highest BCUT2D eigenvalue weighted by molar-refractivity contribution is 7.92. The SMILES string of the molecule is COc1ccc(NS(=O)(=O)c2cc(NC(=O)c3cccc(C#N)c3)ccc2N2CCCCC2)cc1. The number of benzene rings is 3. The number of amides is 1. The highest BCUT2D eigenvalue weighted by Gasteiger charge is 2.24. The first-order valence-corrected chi connectivity index (χ1v) is 12.8. The molecule has 1 aliphatic heterocycles. The van der Waals surface area contributed by atoms with Gasteiger partial charge in [-0.1, -0.05) is 6.07 Å². The van der Waals surface area contributed by atoms with Crippen molar-refractivity contribution >= 4 is 33.0 Å². The van der Waals surface area contributed by atoms with Crippen LogP contribution in [-0.4, -0.2) is 34.5 Å². The van der Waals surface area contributed by atoms with Crippen LogP contribution in [-0.2, 0) is 10.0 Å². The summed E-state index contributed by atoms with van der Waals surface area (Å²) in [6.07, 6.45) is 3.08. The van der Waals surface area contributed by atoms with Gasteiger partial charge in [-0.3, -0.25) is 9.52 Å². The van der Waals surface area contributed by atoms with Crippen LogP contribution in [0, 0.1) is 11.3 Å². The zero-order chi connectivity index (χ0) is 24.8. The number of sulfonamides is 1. The van der Waals surface area contributed by atoms with E-state index in [1.54, 1.807) is 61.7 Å². The first-order valence-electron chi connectivity index (χ1n) is 11.3. The molecule has 1 amide bonds. The molecule has 1 saturated heterocycles. The molecule has 0 radical (unpaired) electrons. The van der Waals surface area contributed by atoms with Gasteiger partial charge < -0.3 is 15.0 Å². The summed E-state index contributed by atoms with van der Waals surface area (Å²) in [5, 5.41) is 11.9. The lowest BCUT2D eigenvalue weighted by Crippen LogP contribution is -2.31. The van der Waals surface area contributed by atoms with Crippen LogP contribution in [0.5, 0.6) is 5.75 Å². The van der Waals surface area contributed by atoms with Crippen molar-refractivity contribution < 1.29 is 17.9 Å². The van der Waals surface area contributed by atoms with E-state index in [4.69, 9.17) is 10.00 Å². The molecule has 0 atom stereocenters. The zero-order valence-electron chi connectivity index (χ0n) is 19.3. The molecule has 1 aliphatic rings. The Morgan fingerprint density at radius 2 is 1.69 bits per heavy atom. The van der Waals surface area contributed by atoms with Crippen LogP contribution in [0.15, 0.2) is 71.6 Å². The van der Waals surface area contributed by atoms with Gasteiger partial charge in [0, 0.05) is 30.0 Å². The second kappa shape index (κ2) is 10.5. The van der Waals surface area contributed by atoms with Crippen molar-refractivity contribution in [3.8, 4) is 11.8 Å². The molecule has 3 aromatic rings. The molecule has 0 aliphatic carbocycles. The van der Waals surface area contributed by atoms with E-state index in [9.17, 15) is 13.2 Å². The number of piperidine rings is 1. The molecule has 1 fully saturated rings. The summed E-state index contributed by atoms with van der Waals surface area (Å²) in [5.41, 5.74) is 2.01. The fraction of sp³-hybridized carbons (Fsp3) is 0.231. The third kappa shape index (κ3) is 5.73. The summed E-state index contributed by atoms with van der Waals surface area (Å²) < 4.78 is 34.8. The van der Waals surface area contributed by atoms with Gasteiger partial charge in [-0.05, 0) is 79.9 Å². The number of carbonyl (C=O) groups excluding carboxylic acids is 1. The van der Waals surface area contributed by atoms with E-state index in [2.05, 4.69) is 14.9 Å². The first-order chi connectivity index (χ1) is 16.9. The Bertz CT molecular complexity index is 1360. The van der Waals surface area contributed by atoms with Crippen molar-refractivity contribution in [2.24, 2.45) is 0 Å². The largest absolute Gasteiger partial charge is 0.497 e. The minimum absolute atomic E-state index is 0.0822. The van der Waals surface area contributed by atoms with Crippen molar-refractivity contribution in [2.45, 2.75) is 24.2 Å². The van der Waals surface area contributed by atoms with Crippen LogP contribution >= 0.6 is 0 Å². The summed E-state index contributed by atoms with van der Waals surface area (Å²) in [5.74, 6) is 0.186. The first kappa shape index (κ1) is 24.1. The number of nitrogens with one attached hydrogen (secondary N) is 2. The second-order valence-corrected chi connectivity index (χ2v) is 9.86. The molecule has 1 heterocycles. The summed E-state index contributed by atoms with van der Waals surface area (Å²) in [6.45, 7) is 1.52. The van der Waals surface area contributed by atoms with Gasteiger partial charge in [0.1, 0.15) is 10.6 Å². The molecule has 0 bridgehead atoms. The normalized spacial score (nSPS) is 13.5. The average Bonchev–Trinajstić information content (AvgIpc) is 2.89. The number of hydrogen-bond donors (Lipinski definition) is 2. The minimum atomic E-state index is -3.97. The standard InChI is InChI=1S/C26H26N4O4S/c1-34-23-11-8-21(9-12-23)29-35(32,33)25-17-22(10-13-24(25)30-14-3-2-4-15-30)28-26(31)20-7-5-6-19(16-20)18-27/h5-13,16-17,29H,2-4,14-15H2,1H3,(H,28,31). The Hall–Kier alpha value is -4.03. The van der Waals surface area contributed by atoms with Crippen LogP contribution in [0.3, 0.4) is 0 Å². The molecule has 8 nitrogen and oxygen atoms in total. The lowest BCUT2D eigenvalue weighted by atomic mass is 10.1. The van der Waals surface area contributed by atoms with Gasteiger partial charge in [0.2, 0.25) is 0 Å². The Balaban J connectivity index is 1.67. The topological polar surface area (TPSA) is 112 Å². The second-order valence-electron chi connectivity index (χ2n) is 8.21. The van der Waals surface area contributed by atoms with E-state index in [0.717, 1.165) is 32.4 Å². The average molecular weight is 491 g/mol. The molecule has 0 spiro atoms. The molecule has 0 saturated carbocycles. The Labute approximate surface area is 205 Å². The van der Waals surface area contributed by atoms with E-state index >= 15 is 0 Å². The Morgan fingerprint density at radius 3 is 2.37 bits per heavy atom. The van der Waals surface area contributed by atoms with Crippen molar-refractivity contribution in [1.29, 1.82) is 5.26 Å². The number of methoxy groups -OCH3 is 1. The van der Waals surface area contributed by atoms with Gasteiger partial charge >= 0.3 is 0 Å². The number of nitrogens with zero attached hydrogens (tertiary/aromatic N) is 2. The molecule has 2 N–H and O–H groups in total. The third-order valence-corrected chi connectivity index (χ3v) is 7.21. The van der Waals surface area contributed by atoms with Gasteiger partial charge in [-0.25, -0.2) is 8.42 Å². The van der Waals surface area contributed by atoms with Crippen LogP contribution in [0.2, 0.25) is 0 Å². The maximum atomic E-state index is 13.5. The van der Waals surface area contributed by atoms with Gasteiger partial charge in [0.25, 0.3) is 15.9 Å². The molecular weight excluding hydrogens is 464 g/mol. The van der Waals surface area contributed by atoms with E-state index in [1.165, 1.54) is 12.1 Å². The van der Waals surface area contributed by atoms with E-state index in [0.29, 0.717) is 33.9 Å². The molecule has 0 unspecified atom stereocenters. The molecule has 9 heteroatoms. The molecule has 180 valence electrons. The molecule has 0 aromatic heterocycles. The fourth-order valence-electron chi connectivity index (χ4n) is 4.01. The maximum Gasteiger partial charge on any atom is 0.264 e. The summed E-state index contributed by atoms with van der Waals surface area (Å²) in [7, 11) is -2.43. The van der Waals surface area contributed by atoms with Crippen molar-refractivity contribution in [3.05, 3.63) is 77.9 Å². The maximum absolute atomic E-state index is 13.5. The predicted octanol–water partition coefficient (Wildman–Crippen LogP) is 4.61. The van der Waals surface area contributed by atoms with Crippen molar-refractivity contribution in [2.75, 3.05) is 35.1 Å². The minimum Gasteiger partial charge on any atom is -0.497 e. The van der Waals surface area contributed by atoms with Crippen LogP contribution < -0.4 is 19.7 Å². The zero-order valence-corrected chi connectivity index (χ0v) is 20.1. The van der Waals surface area contributed by atoms with E-state index in [-0.39, 0.29) is 4.90 Å². The molecule has 35 heavy (non-hydrogen) atoms. The highest BCUT2D eigenvalue weighted by atomic mass is 32.2. The number of carbonyl (C=O) groups is 1. The molecular formula is C26H26N4O4S. The van der Waals surface area contributed by atoms with Crippen LogP contribution in [0.25, 0.3) is 0 Å². The number of nitriles is 1. The fourth-order valence-corrected chi connectivity index (χ4v) is 5.32. The van der Waals surface area contributed by atoms with Gasteiger partial charge in [-0.15, -0.1) is 0 Å².